The average Bonchev–Trinajstić information content (AvgIpc) is 2.69. The van der Waals surface area contributed by atoms with E-state index in [2.05, 4.69) is 5.32 Å². The van der Waals surface area contributed by atoms with Crippen molar-refractivity contribution in [2.45, 2.75) is 39.0 Å². The van der Waals surface area contributed by atoms with Crippen LogP contribution in [0.1, 0.15) is 26.5 Å². The van der Waals surface area contributed by atoms with Crippen LogP contribution in [0.2, 0.25) is 0 Å². The molecule has 0 aliphatic carbocycles. The highest BCUT2D eigenvalue weighted by molar-refractivity contribution is 5.77. The van der Waals surface area contributed by atoms with E-state index in [1.807, 2.05) is 44.2 Å². The molecule has 0 radical (unpaired) electrons. The topological polar surface area (TPSA) is 45.4 Å². The van der Waals surface area contributed by atoms with Crippen LogP contribution in [0.5, 0.6) is 0 Å². The molecule has 2 rings (SSSR count). The second kappa shape index (κ2) is 4.51. The lowest BCUT2D eigenvalue weighted by molar-refractivity contribution is 0.0944. The fraction of sp³-hybridized carbons (Fsp3) is 0.429. The largest absolute Gasteiger partial charge is 0.460 e. The molecule has 2 aromatic rings. The highest BCUT2D eigenvalue weighted by Crippen LogP contribution is 2.19. The first-order chi connectivity index (χ1) is 7.99. The minimum atomic E-state index is -0.410. The Kier molecular flexibility index (Phi) is 3.22. The van der Waals surface area contributed by atoms with Crippen molar-refractivity contribution in [1.29, 1.82) is 0 Å². The Balaban J connectivity index is 2.09. The van der Waals surface area contributed by atoms with E-state index in [0.717, 1.165) is 16.7 Å². The van der Waals surface area contributed by atoms with Gasteiger partial charge in [-0.2, -0.15) is 0 Å². The van der Waals surface area contributed by atoms with Crippen LogP contribution in [0.15, 0.2) is 34.7 Å². The number of furan rings is 1. The smallest absolute Gasteiger partial charge is 0.134 e. The van der Waals surface area contributed by atoms with Crippen LogP contribution in [0.25, 0.3) is 11.0 Å². The van der Waals surface area contributed by atoms with Crippen LogP contribution in [0, 0.1) is 0 Å². The van der Waals surface area contributed by atoms with E-state index >= 15 is 0 Å². The number of benzene rings is 1. The third-order valence-electron chi connectivity index (χ3n) is 3.24. The summed E-state index contributed by atoms with van der Waals surface area (Å²) in [6, 6.07) is 9.97. The van der Waals surface area contributed by atoms with Crippen LogP contribution >= 0.6 is 0 Å². The average molecular weight is 233 g/mol. The van der Waals surface area contributed by atoms with E-state index in [9.17, 15) is 5.11 Å². The second-order valence-corrected chi connectivity index (χ2v) is 5.00. The Morgan fingerprint density at radius 3 is 2.71 bits per heavy atom. The summed E-state index contributed by atoms with van der Waals surface area (Å²) in [6.45, 7) is 6.35. The maximum Gasteiger partial charge on any atom is 0.134 e. The van der Waals surface area contributed by atoms with E-state index in [-0.39, 0.29) is 5.54 Å². The normalized spacial score (nSPS) is 14.1. The molecule has 17 heavy (non-hydrogen) atoms. The van der Waals surface area contributed by atoms with E-state index in [1.54, 1.807) is 6.92 Å². The van der Waals surface area contributed by atoms with Gasteiger partial charge in [0.15, 0.2) is 0 Å². The van der Waals surface area contributed by atoms with Gasteiger partial charge >= 0.3 is 0 Å². The van der Waals surface area contributed by atoms with Crippen molar-refractivity contribution in [1.82, 2.24) is 5.32 Å². The Hall–Kier alpha value is -1.32. The molecule has 0 amide bonds. The van der Waals surface area contributed by atoms with Gasteiger partial charge in [-0.25, -0.2) is 0 Å². The molecule has 1 heterocycles. The van der Waals surface area contributed by atoms with Gasteiger partial charge in [0.2, 0.25) is 0 Å². The molecular formula is C14H19NO2. The van der Waals surface area contributed by atoms with Crippen molar-refractivity contribution < 1.29 is 9.52 Å². The Morgan fingerprint density at radius 2 is 2.06 bits per heavy atom. The van der Waals surface area contributed by atoms with Gasteiger partial charge in [0, 0.05) is 10.9 Å². The molecule has 1 unspecified atom stereocenters. The summed E-state index contributed by atoms with van der Waals surface area (Å²) in [5.41, 5.74) is 0.582. The predicted molar refractivity (Wildman–Crippen MR) is 68.8 cm³/mol. The summed E-state index contributed by atoms with van der Waals surface area (Å²) in [6.07, 6.45) is -0.410. The van der Waals surface area contributed by atoms with Crippen molar-refractivity contribution in [3.8, 4) is 0 Å². The summed E-state index contributed by atoms with van der Waals surface area (Å²) in [4.78, 5) is 0. The van der Waals surface area contributed by atoms with Gasteiger partial charge in [-0.1, -0.05) is 18.2 Å². The molecule has 0 aliphatic heterocycles. The lowest BCUT2D eigenvalue weighted by Crippen LogP contribution is -2.47. The quantitative estimate of drug-likeness (QED) is 0.853. The number of aliphatic hydroxyl groups excluding tert-OH is 1. The zero-order valence-electron chi connectivity index (χ0n) is 10.5. The van der Waals surface area contributed by atoms with Gasteiger partial charge in [-0.05, 0) is 32.9 Å². The van der Waals surface area contributed by atoms with Crippen LogP contribution in [0.3, 0.4) is 0 Å². The van der Waals surface area contributed by atoms with Gasteiger partial charge in [-0.15, -0.1) is 0 Å². The van der Waals surface area contributed by atoms with E-state index < -0.39 is 6.10 Å². The fourth-order valence-electron chi connectivity index (χ4n) is 1.59. The maximum atomic E-state index is 9.60. The number of hydrogen-bond donors (Lipinski definition) is 2. The first kappa shape index (κ1) is 12.1. The highest BCUT2D eigenvalue weighted by Gasteiger charge is 2.23. The molecule has 2 N–H and O–H groups in total. The molecule has 0 bridgehead atoms. The highest BCUT2D eigenvalue weighted by atomic mass is 16.3. The van der Waals surface area contributed by atoms with Crippen LogP contribution < -0.4 is 5.32 Å². The van der Waals surface area contributed by atoms with Crippen LogP contribution in [0.4, 0.5) is 0 Å². The van der Waals surface area contributed by atoms with E-state index in [1.165, 1.54) is 0 Å². The second-order valence-electron chi connectivity index (χ2n) is 5.00. The number of nitrogens with one attached hydrogen (secondary N) is 1. The summed E-state index contributed by atoms with van der Waals surface area (Å²) in [5, 5.41) is 14.0. The molecule has 92 valence electrons. The van der Waals surface area contributed by atoms with Gasteiger partial charge < -0.3 is 14.8 Å². The molecule has 0 spiro atoms. The molecule has 0 fully saturated rings. The first-order valence-corrected chi connectivity index (χ1v) is 5.89. The third kappa shape index (κ3) is 2.68. The maximum absolute atomic E-state index is 9.60. The van der Waals surface area contributed by atoms with Gasteiger partial charge in [-0.3, -0.25) is 0 Å². The molecule has 3 nitrogen and oxygen atoms in total. The Morgan fingerprint density at radius 1 is 1.35 bits per heavy atom. The van der Waals surface area contributed by atoms with Gasteiger partial charge in [0.1, 0.15) is 11.3 Å². The Labute approximate surface area is 101 Å². The first-order valence-electron chi connectivity index (χ1n) is 5.89. The van der Waals surface area contributed by atoms with Crippen LogP contribution in [-0.4, -0.2) is 16.7 Å². The fourth-order valence-corrected chi connectivity index (χ4v) is 1.59. The van der Waals surface area contributed by atoms with Crippen molar-refractivity contribution in [2.24, 2.45) is 0 Å². The minimum Gasteiger partial charge on any atom is -0.460 e. The van der Waals surface area contributed by atoms with Crippen molar-refractivity contribution in [3.63, 3.8) is 0 Å². The monoisotopic (exact) mass is 233 g/mol. The molecule has 0 saturated carbocycles. The number of fused-ring (bicyclic) bond motifs is 1. The molecule has 1 atom stereocenters. The molecule has 1 aromatic heterocycles. The van der Waals surface area contributed by atoms with Gasteiger partial charge in [0.25, 0.3) is 0 Å². The summed E-state index contributed by atoms with van der Waals surface area (Å²) in [7, 11) is 0. The molecule has 3 heteroatoms. The summed E-state index contributed by atoms with van der Waals surface area (Å²) >= 11 is 0. The minimum absolute atomic E-state index is 0.320. The van der Waals surface area contributed by atoms with Crippen molar-refractivity contribution in [2.75, 3.05) is 0 Å². The summed E-state index contributed by atoms with van der Waals surface area (Å²) < 4.78 is 5.70. The zero-order chi connectivity index (χ0) is 12.5. The van der Waals surface area contributed by atoms with Crippen molar-refractivity contribution >= 4 is 11.0 Å². The molecule has 1 aromatic carbocycles. The van der Waals surface area contributed by atoms with Crippen LogP contribution in [-0.2, 0) is 6.54 Å². The number of hydrogen-bond acceptors (Lipinski definition) is 3. The molecule has 0 saturated heterocycles. The zero-order valence-corrected chi connectivity index (χ0v) is 10.5. The van der Waals surface area contributed by atoms with E-state index in [4.69, 9.17) is 4.42 Å². The third-order valence-corrected chi connectivity index (χ3v) is 3.24. The lowest BCUT2D eigenvalue weighted by Gasteiger charge is -2.29. The Bertz CT molecular complexity index is 467. The number of rotatable bonds is 4. The predicted octanol–water partition coefficient (Wildman–Crippen LogP) is 2.68. The molecule has 0 aliphatic rings. The number of para-hydroxylation sites is 1. The SMILES string of the molecule is CC(O)C(C)(C)NCc1cc2ccccc2o1. The van der Waals surface area contributed by atoms with E-state index in [0.29, 0.717) is 6.54 Å². The van der Waals surface area contributed by atoms with Crippen molar-refractivity contribution in [3.05, 3.63) is 36.1 Å². The standard InChI is InChI=1S/C14H19NO2/c1-10(16)14(2,3)15-9-12-8-11-6-4-5-7-13(11)17-12/h4-8,10,15-16H,9H2,1-3H3. The van der Waals surface area contributed by atoms with Gasteiger partial charge in [0.05, 0.1) is 12.6 Å². The number of aliphatic hydroxyl groups is 1. The lowest BCUT2D eigenvalue weighted by atomic mass is 9.99. The summed E-state index contributed by atoms with van der Waals surface area (Å²) in [5.74, 6) is 0.889. The molecular weight excluding hydrogens is 214 g/mol.